The van der Waals surface area contributed by atoms with Crippen molar-refractivity contribution in [2.24, 2.45) is 7.05 Å². The van der Waals surface area contributed by atoms with Gasteiger partial charge in [0.25, 0.3) is 11.1 Å². The second-order valence-corrected chi connectivity index (χ2v) is 13.1. The maximum absolute atomic E-state index is 15.3. The van der Waals surface area contributed by atoms with Crippen molar-refractivity contribution in [3.8, 4) is 17.1 Å². The molecule has 1 aromatic carbocycles. The number of aldehydes is 1. The van der Waals surface area contributed by atoms with Crippen LogP contribution >= 0.6 is 0 Å². The molecule has 0 saturated carbocycles. The van der Waals surface area contributed by atoms with Crippen LogP contribution in [0.5, 0.6) is 0 Å². The molecule has 0 aliphatic carbocycles. The normalized spacial score (nSPS) is 14.6. The monoisotopic (exact) mass is 621 g/mol. The lowest BCUT2D eigenvalue weighted by Gasteiger charge is -2.29. The van der Waals surface area contributed by atoms with Crippen LogP contribution in [0.25, 0.3) is 27.8 Å². The predicted molar refractivity (Wildman–Crippen MR) is 174 cm³/mol. The van der Waals surface area contributed by atoms with E-state index < -0.39 is 11.4 Å². The molecule has 0 N–H and O–H groups in total. The highest BCUT2D eigenvalue weighted by atomic mass is 19.1. The molecule has 1 aliphatic rings. The number of rotatable bonds is 6. The lowest BCUT2D eigenvalue weighted by atomic mass is 9.86. The van der Waals surface area contributed by atoms with Crippen LogP contribution in [0.3, 0.4) is 0 Å². The van der Waals surface area contributed by atoms with Crippen molar-refractivity contribution >= 4 is 17.1 Å². The summed E-state index contributed by atoms with van der Waals surface area (Å²) in [7, 11) is 3.67. The molecule has 1 saturated heterocycles. The first-order chi connectivity index (χ1) is 21.9. The number of hydrogen-bond acceptors (Lipinski definition) is 8. The van der Waals surface area contributed by atoms with Crippen molar-refractivity contribution in [3.05, 3.63) is 109 Å². The van der Waals surface area contributed by atoms with Gasteiger partial charge >= 0.3 is 0 Å². The third kappa shape index (κ3) is 5.90. The van der Waals surface area contributed by atoms with Gasteiger partial charge in [-0.2, -0.15) is 14.9 Å². The van der Waals surface area contributed by atoms with Gasteiger partial charge in [-0.15, -0.1) is 0 Å². The van der Waals surface area contributed by atoms with Crippen LogP contribution < -0.4 is 11.1 Å². The van der Waals surface area contributed by atoms with Crippen molar-refractivity contribution in [1.82, 2.24) is 34.4 Å². The number of pyridine rings is 2. The number of halogens is 1. The molecule has 11 heteroatoms. The average molecular weight is 622 g/mol. The van der Waals surface area contributed by atoms with Crippen molar-refractivity contribution in [1.29, 1.82) is 0 Å². The number of nitrogens with zero attached hydrogens (tertiary/aromatic N) is 7. The van der Waals surface area contributed by atoms with Gasteiger partial charge in [0, 0.05) is 48.1 Å². The Bertz CT molecular complexity index is 2070. The minimum absolute atomic E-state index is 0.0286. The SMILES string of the molecule is CN1CCC(c2ccc(Cc3cc(-c4ccnc(-n5ncc6cc(C(C)(C)C)cc(F)c6c5=O)c4C=O)nn(C)c3=O)nc2)CC1. The zero-order valence-electron chi connectivity index (χ0n) is 26.6. The van der Waals surface area contributed by atoms with E-state index in [2.05, 4.69) is 38.2 Å². The minimum atomic E-state index is -0.743. The van der Waals surface area contributed by atoms with Crippen LogP contribution in [0.2, 0.25) is 0 Å². The number of benzene rings is 1. The van der Waals surface area contributed by atoms with E-state index in [1.165, 1.54) is 28.7 Å². The minimum Gasteiger partial charge on any atom is -0.306 e. The molecule has 0 radical (unpaired) electrons. The average Bonchev–Trinajstić information content (AvgIpc) is 3.03. The van der Waals surface area contributed by atoms with Gasteiger partial charge in [0.05, 0.1) is 22.8 Å². The summed E-state index contributed by atoms with van der Waals surface area (Å²) in [5.41, 5.74) is 2.45. The van der Waals surface area contributed by atoms with E-state index in [1.807, 2.05) is 33.0 Å². The van der Waals surface area contributed by atoms with Gasteiger partial charge in [-0.1, -0.05) is 26.8 Å². The molecule has 0 spiro atoms. The second-order valence-electron chi connectivity index (χ2n) is 13.1. The van der Waals surface area contributed by atoms with Gasteiger partial charge in [-0.3, -0.25) is 19.4 Å². The van der Waals surface area contributed by atoms with Gasteiger partial charge < -0.3 is 4.90 Å². The number of hydrogen-bond donors (Lipinski definition) is 0. The predicted octanol–water partition coefficient (Wildman–Crippen LogP) is 4.59. The van der Waals surface area contributed by atoms with Gasteiger partial charge in [-0.05, 0) is 85.8 Å². The fourth-order valence-electron chi connectivity index (χ4n) is 6.04. The number of likely N-dealkylation sites (tertiary alicyclic amines) is 1. The Morgan fingerprint density at radius 2 is 1.74 bits per heavy atom. The molecule has 236 valence electrons. The Labute approximate surface area is 265 Å². The summed E-state index contributed by atoms with van der Waals surface area (Å²) in [5.74, 6) is -0.269. The standard InChI is InChI=1S/C35H36FN7O3/c1-35(2,3)25-14-24-19-39-43(34(46)31(24)29(36)17-25)32-28(20-44)27(8-11-37-32)30-16-23(33(45)42(5)40-30)15-26-7-6-22(18-38-26)21-9-12-41(4)13-10-21/h6-8,11,14,16-21H,9-10,12-13,15H2,1-5H3. The lowest BCUT2D eigenvalue weighted by Crippen LogP contribution is -2.29. The van der Waals surface area contributed by atoms with Gasteiger partial charge in [0.2, 0.25) is 0 Å². The Balaban J connectivity index is 1.37. The fraction of sp³-hybridized carbons (Fsp3) is 0.343. The summed E-state index contributed by atoms with van der Waals surface area (Å²) in [6.45, 7) is 7.98. The molecule has 46 heavy (non-hydrogen) atoms. The summed E-state index contributed by atoms with van der Waals surface area (Å²) < 4.78 is 17.5. The molecule has 1 aliphatic heterocycles. The van der Waals surface area contributed by atoms with Crippen molar-refractivity contribution in [3.63, 3.8) is 0 Å². The Morgan fingerprint density at radius 1 is 0.978 bits per heavy atom. The second kappa shape index (κ2) is 12.1. The van der Waals surface area contributed by atoms with Crippen molar-refractivity contribution in [2.75, 3.05) is 20.1 Å². The van der Waals surface area contributed by atoms with E-state index >= 15 is 4.39 Å². The highest BCUT2D eigenvalue weighted by molar-refractivity contribution is 5.90. The molecular formula is C35H36FN7O3. The van der Waals surface area contributed by atoms with Crippen LogP contribution in [0, 0.1) is 5.82 Å². The van der Waals surface area contributed by atoms with Crippen molar-refractivity contribution < 1.29 is 9.18 Å². The number of carbonyl (C=O) groups is 1. The molecule has 5 heterocycles. The third-order valence-corrected chi connectivity index (χ3v) is 8.82. The van der Waals surface area contributed by atoms with E-state index in [0.29, 0.717) is 34.4 Å². The zero-order chi connectivity index (χ0) is 32.7. The Morgan fingerprint density at radius 3 is 2.41 bits per heavy atom. The molecule has 4 aromatic heterocycles. The quantitative estimate of drug-likeness (QED) is 0.253. The maximum Gasteiger partial charge on any atom is 0.283 e. The summed E-state index contributed by atoms with van der Waals surface area (Å²) in [6, 6.07) is 10.4. The van der Waals surface area contributed by atoms with E-state index in [1.54, 1.807) is 25.2 Å². The Hall–Kier alpha value is -4.90. The first kappa shape index (κ1) is 31.1. The summed E-state index contributed by atoms with van der Waals surface area (Å²) in [5, 5.41) is 8.88. The number of piperidine rings is 1. The molecule has 6 rings (SSSR count). The molecule has 0 bridgehead atoms. The lowest BCUT2D eigenvalue weighted by molar-refractivity contribution is 0.112. The highest BCUT2D eigenvalue weighted by Gasteiger charge is 2.23. The number of aromatic nitrogens is 6. The number of fused-ring (bicyclic) bond motifs is 1. The van der Waals surface area contributed by atoms with Crippen LogP contribution in [0.4, 0.5) is 4.39 Å². The van der Waals surface area contributed by atoms with E-state index in [9.17, 15) is 14.4 Å². The highest BCUT2D eigenvalue weighted by Crippen LogP contribution is 2.29. The van der Waals surface area contributed by atoms with E-state index in [4.69, 9.17) is 0 Å². The smallest absolute Gasteiger partial charge is 0.283 e. The molecule has 0 amide bonds. The molecular weight excluding hydrogens is 585 g/mol. The molecule has 5 aromatic rings. The summed E-state index contributed by atoms with van der Waals surface area (Å²) >= 11 is 0. The largest absolute Gasteiger partial charge is 0.306 e. The zero-order valence-corrected chi connectivity index (χ0v) is 26.6. The molecule has 0 unspecified atom stereocenters. The summed E-state index contributed by atoms with van der Waals surface area (Å²) in [4.78, 5) is 50.5. The third-order valence-electron chi connectivity index (χ3n) is 8.82. The number of aryl methyl sites for hydroxylation is 1. The molecule has 1 fully saturated rings. The van der Waals surface area contributed by atoms with Crippen LogP contribution in [0.1, 0.15) is 72.3 Å². The maximum atomic E-state index is 15.3. The van der Waals surface area contributed by atoms with E-state index in [-0.39, 0.29) is 34.2 Å². The van der Waals surface area contributed by atoms with Gasteiger partial charge in [0.1, 0.15) is 5.82 Å². The van der Waals surface area contributed by atoms with Crippen LogP contribution in [-0.4, -0.2) is 60.9 Å². The van der Waals surface area contributed by atoms with E-state index in [0.717, 1.165) is 41.9 Å². The topological polar surface area (TPSA) is 116 Å². The fourth-order valence-corrected chi connectivity index (χ4v) is 6.04. The van der Waals surface area contributed by atoms with Gasteiger partial charge in [0.15, 0.2) is 12.1 Å². The van der Waals surface area contributed by atoms with Crippen LogP contribution in [0.15, 0.2) is 64.6 Å². The first-order valence-electron chi connectivity index (χ1n) is 15.3. The van der Waals surface area contributed by atoms with Crippen LogP contribution in [-0.2, 0) is 18.9 Å². The van der Waals surface area contributed by atoms with Gasteiger partial charge in [-0.25, -0.2) is 14.1 Å². The summed E-state index contributed by atoms with van der Waals surface area (Å²) in [6.07, 6.45) is 7.73. The molecule has 0 atom stereocenters. The molecule has 10 nitrogen and oxygen atoms in total. The Kier molecular flexibility index (Phi) is 8.20. The number of carbonyl (C=O) groups excluding carboxylic acids is 1. The first-order valence-corrected chi connectivity index (χ1v) is 15.3. The van der Waals surface area contributed by atoms with Crippen molar-refractivity contribution in [2.45, 2.75) is 51.4 Å².